The molecule has 1 atom stereocenters. The highest BCUT2D eigenvalue weighted by Gasteiger charge is 2.10. The molecule has 3 rings (SSSR count). The lowest BCUT2D eigenvalue weighted by Crippen LogP contribution is -2.21. The van der Waals surface area contributed by atoms with Crippen molar-refractivity contribution in [3.05, 3.63) is 48.4 Å². The Hall–Kier alpha value is -2.47. The topological polar surface area (TPSA) is 62.5 Å². The summed E-state index contributed by atoms with van der Waals surface area (Å²) < 4.78 is 14.7. The molecule has 2 aromatic heterocycles. The van der Waals surface area contributed by atoms with Crippen LogP contribution in [0.5, 0.6) is 0 Å². The van der Waals surface area contributed by atoms with Crippen LogP contribution in [0.3, 0.4) is 0 Å². The van der Waals surface area contributed by atoms with E-state index in [-0.39, 0.29) is 18.5 Å². The third-order valence-electron chi connectivity index (χ3n) is 3.17. The van der Waals surface area contributed by atoms with Gasteiger partial charge in [0.15, 0.2) is 5.65 Å². The van der Waals surface area contributed by atoms with E-state index >= 15 is 0 Å². The summed E-state index contributed by atoms with van der Waals surface area (Å²) in [5.74, 6) is 0.447. The van der Waals surface area contributed by atoms with E-state index in [1.807, 2.05) is 13.0 Å². The Morgan fingerprint density at radius 2 is 2.05 bits per heavy atom. The molecule has 0 fully saturated rings. The molecule has 0 radical (unpaired) electrons. The molecular weight excluding hydrogens is 271 g/mol. The first-order valence-electron chi connectivity index (χ1n) is 6.65. The number of aliphatic hydroxyl groups excluding tert-OH is 1. The van der Waals surface area contributed by atoms with Gasteiger partial charge in [0.25, 0.3) is 0 Å². The van der Waals surface area contributed by atoms with Crippen molar-refractivity contribution < 1.29 is 9.50 Å². The summed E-state index contributed by atoms with van der Waals surface area (Å²) in [5, 5.41) is 16.6. The van der Waals surface area contributed by atoms with Crippen molar-refractivity contribution in [2.24, 2.45) is 0 Å². The molecular formula is C15H15FN4O. The normalized spacial score (nSPS) is 12.5. The molecule has 6 heteroatoms. The molecule has 0 bridgehead atoms. The second-order valence-electron chi connectivity index (χ2n) is 4.86. The fourth-order valence-corrected chi connectivity index (χ4v) is 2.08. The number of rotatable bonds is 4. The number of hydrogen-bond acceptors (Lipinski definition) is 4. The van der Waals surface area contributed by atoms with Gasteiger partial charge in [0, 0.05) is 23.7 Å². The number of aromatic nitrogens is 3. The van der Waals surface area contributed by atoms with Crippen LogP contribution in [0.1, 0.15) is 6.92 Å². The van der Waals surface area contributed by atoms with Crippen LogP contribution in [0, 0.1) is 5.82 Å². The Kier molecular flexibility index (Phi) is 3.53. The van der Waals surface area contributed by atoms with Crippen molar-refractivity contribution in [1.82, 2.24) is 14.6 Å². The Morgan fingerprint density at radius 1 is 1.29 bits per heavy atom. The van der Waals surface area contributed by atoms with Crippen LogP contribution < -0.4 is 5.32 Å². The monoisotopic (exact) mass is 286 g/mol. The smallest absolute Gasteiger partial charge is 0.157 e. The van der Waals surface area contributed by atoms with Crippen LogP contribution in [-0.4, -0.2) is 32.4 Å². The Morgan fingerprint density at radius 3 is 2.76 bits per heavy atom. The zero-order chi connectivity index (χ0) is 14.8. The van der Waals surface area contributed by atoms with Crippen molar-refractivity contribution in [3.63, 3.8) is 0 Å². The van der Waals surface area contributed by atoms with Crippen LogP contribution in [0.4, 0.5) is 10.2 Å². The number of anilines is 1. The van der Waals surface area contributed by atoms with E-state index in [0.717, 1.165) is 17.1 Å². The third kappa shape index (κ3) is 2.71. The van der Waals surface area contributed by atoms with Gasteiger partial charge < -0.3 is 10.4 Å². The van der Waals surface area contributed by atoms with Gasteiger partial charge in [-0.2, -0.15) is 9.61 Å². The molecule has 0 amide bonds. The SMILES string of the molecule is C[C@@H](CO)Nc1cc(-c2ccc(F)cc2)nc2ccnn12. The predicted octanol–water partition coefficient (Wildman–Crippen LogP) is 2.33. The van der Waals surface area contributed by atoms with Gasteiger partial charge in [-0.1, -0.05) is 0 Å². The predicted molar refractivity (Wildman–Crippen MR) is 78.6 cm³/mol. The summed E-state index contributed by atoms with van der Waals surface area (Å²) in [4.78, 5) is 4.50. The maximum atomic E-state index is 13.0. The number of halogens is 1. The van der Waals surface area contributed by atoms with E-state index in [1.54, 1.807) is 28.9 Å². The molecule has 3 aromatic rings. The van der Waals surface area contributed by atoms with Gasteiger partial charge >= 0.3 is 0 Å². The maximum absolute atomic E-state index is 13.0. The molecule has 0 saturated heterocycles. The van der Waals surface area contributed by atoms with Gasteiger partial charge in [0.2, 0.25) is 0 Å². The standard InChI is InChI=1S/C15H15FN4O/c1-10(9-21)18-15-8-13(11-2-4-12(16)5-3-11)19-14-6-7-17-20(14)15/h2-8,10,18,21H,9H2,1H3/t10-/m0/s1. The lowest BCUT2D eigenvalue weighted by Gasteiger charge is -2.14. The molecule has 0 aliphatic rings. The number of fused-ring (bicyclic) bond motifs is 1. The van der Waals surface area contributed by atoms with Crippen LogP contribution in [0.2, 0.25) is 0 Å². The van der Waals surface area contributed by atoms with Crippen LogP contribution >= 0.6 is 0 Å². The van der Waals surface area contributed by atoms with Crippen LogP contribution in [0.15, 0.2) is 42.6 Å². The number of aliphatic hydroxyl groups is 1. The molecule has 108 valence electrons. The number of benzene rings is 1. The average Bonchev–Trinajstić information content (AvgIpc) is 2.96. The summed E-state index contributed by atoms with van der Waals surface area (Å²) in [6.07, 6.45) is 1.66. The molecule has 1 aromatic carbocycles. The van der Waals surface area contributed by atoms with Gasteiger partial charge in [-0.3, -0.25) is 0 Å². The fraction of sp³-hybridized carbons (Fsp3) is 0.200. The molecule has 0 spiro atoms. The molecule has 0 aliphatic heterocycles. The zero-order valence-corrected chi connectivity index (χ0v) is 11.5. The summed E-state index contributed by atoms with van der Waals surface area (Å²) in [6.45, 7) is 1.88. The lowest BCUT2D eigenvalue weighted by atomic mass is 10.1. The quantitative estimate of drug-likeness (QED) is 0.772. The molecule has 0 saturated carbocycles. The zero-order valence-electron chi connectivity index (χ0n) is 11.5. The first kappa shape index (κ1) is 13.5. The largest absolute Gasteiger partial charge is 0.394 e. The number of nitrogens with zero attached hydrogens (tertiary/aromatic N) is 3. The van der Waals surface area contributed by atoms with E-state index < -0.39 is 0 Å². The summed E-state index contributed by atoms with van der Waals surface area (Å²) in [7, 11) is 0. The Balaban J connectivity index is 2.09. The molecule has 21 heavy (non-hydrogen) atoms. The maximum Gasteiger partial charge on any atom is 0.157 e. The Bertz CT molecular complexity index is 754. The molecule has 0 unspecified atom stereocenters. The van der Waals surface area contributed by atoms with Gasteiger partial charge in [0.05, 0.1) is 18.5 Å². The highest BCUT2D eigenvalue weighted by atomic mass is 19.1. The Labute approximate surface area is 121 Å². The van der Waals surface area contributed by atoms with Crippen molar-refractivity contribution in [3.8, 4) is 11.3 Å². The van der Waals surface area contributed by atoms with Crippen molar-refractivity contribution in [1.29, 1.82) is 0 Å². The summed E-state index contributed by atoms with van der Waals surface area (Å²) >= 11 is 0. The second-order valence-corrected chi connectivity index (χ2v) is 4.86. The minimum absolute atomic E-state index is 0.0109. The minimum Gasteiger partial charge on any atom is -0.394 e. The van der Waals surface area contributed by atoms with E-state index in [0.29, 0.717) is 5.65 Å². The van der Waals surface area contributed by atoms with Crippen molar-refractivity contribution in [2.45, 2.75) is 13.0 Å². The molecule has 2 N–H and O–H groups in total. The van der Waals surface area contributed by atoms with Gasteiger partial charge in [-0.05, 0) is 31.2 Å². The third-order valence-corrected chi connectivity index (χ3v) is 3.17. The second kappa shape index (κ2) is 5.49. The molecule has 2 heterocycles. The van der Waals surface area contributed by atoms with E-state index in [9.17, 15) is 9.50 Å². The highest BCUT2D eigenvalue weighted by Crippen LogP contribution is 2.22. The van der Waals surface area contributed by atoms with Gasteiger partial charge in [0.1, 0.15) is 11.6 Å². The van der Waals surface area contributed by atoms with Gasteiger partial charge in [-0.15, -0.1) is 0 Å². The van der Waals surface area contributed by atoms with E-state index in [4.69, 9.17) is 0 Å². The molecule has 0 aliphatic carbocycles. The fourth-order valence-electron chi connectivity index (χ4n) is 2.08. The van der Waals surface area contributed by atoms with E-state index in [2.05, 4.69) is 15.4 Å². The first-order chi connectivity index (χ1) is 10.2. The highest BCUT2D eigenvalue weighted by molar-refractivity contribution is 5.66. The average molecular weight is 286 g/mol. The van der Waals surface area contributed by atoms with Crippen LogP contribution in [-0.2, 0) is 0 Å². The van der Waals surface area contributed by atoms with Crippen LogP contribution in [0.25, 0.3) is 16.9 Å². The molecule has 5 nitrogen and oxygen atoms in total. The summed E-state index contributed by atoms with van der Waals surface area (Å²) in [6, 6.07) is 9.69. The lowest BCUT2D eigenvalue weighted by molar-refractivity contribution is 0.281. The van der Waals surface area contributed by atoms with Gasteiger partial charge in [-0.25, -0.2) is 9.37 Å². The summed E-state index contributed by atoms with van der Waals surface area (Å²) in [5.41, 5.74) is 2.22. The van der Waals surface area contributed by atoms with E-state index in [1.165, 1.54) is 12.1 Å². The number of hydrogen-bond donors (Lipinski definition) is 2. The number of nitrogens with one attached hydrogen (secondary N) is 1. The minimum atomic E-state index is -0.281. The van der Waals surface area contributed by atoms with Crippen molar-refractivity contribution >= 4 is 11.5 Å². The van der Waals surface area contributed by atoms with Crippen molar-refractivity contribution in [2.75, 3.05) is 11.9 Å². The first-order valence-corrected chi connectivity index (χ1v) is 6.65.